The molecule has 1 atom stereocenters. The molecule has 0 spiro atoms. The zero-order valence-corrected chi connectivity index (χ0v) is 13.8. The van der Waals surface area contributed by atoms with Gasteiger partial charge in [0.1, 0.15) is 0 Å². The van der Waals surface area contributed by atoms with E-state index in [1.54, 1.807) is 0 Å². The summed E-state index contributed by atoms with van der Waals surface area (Å²) in [6, 6.07) is 4.41. The van der Waals surface area contributed by atoms with Gasteiger partial charge in [0, 0.05) is 16.3 Å². The van der Waals surface area contributed by atoms with Gasteiger partial charge in [0.15, 0.2) is 0 Å². The summed E-state index contributed by atoms with van der Waals surface area (Å²) in [5.41, 5.74) is 6.10. The van der Waals surface area contributed by atoms with E-state index >= 15 is 0 Å². The second-order valence-corrected chi connectivity index (χ2v) is 7.84. The number of thiophene rings is 1. The Balaban J connectivity index is 2.18. The van der Waals surface area contributed by atoms with Crippen LogP contribution in [0.1, 0.15) is 49.8 Å². The van der Waals surface area contributed by atoms with Crippen LogP contribution in [-0.2, 0) is 6.54 Å². The highest BCUT2D eigenvalue weighted by Gasteiger charge is 2.22. The van der Waals surface area contributed by atoms with E-state index in [0.717, 1.165) is 32.0 Å². The molecule has 3 N–H and O–H groups in total. The summed E-state index contributed by atoms with van der Waals surface area (Å²) in [4.78, 5) is 2.83. The molecular formula is C16H30N2S. The van der Waals surface area contributed by atoms with Crippen molar-refractivity contribution in [2.24, 2.45) is 17.1 Å². The molecule has 1 aromatic rings. The molecule has 3 heteroatoms. The molecule has 0 aromatic carbocycles. The maximum Gasteiger partial charge on any atom is 0.0299 e. The Morgan fingerprint density at radius 3 is 2.53 bits per heavy atom. The van der Waals surface area contributed by atoms with Gasteiger partial charge in [0.2, 0.25) is 0 Å². The molecule has 0 radical (unpaired) electrons. The van der Waals surface area contributed by atoms with Crippen LogP contribution in [0, 0.1) is 18.3 Å². The van der Waals surface area contributed by atoms with Gasteiger partial charge in [-0.2, -0.15) is 0 Å². The molecule has 1 unspecified atom stereocenters. The number of hydrogen-bond donors (Lipinski definition) is 2. The molecule has 0 aliphatic carbocycles. The Hall–Kier alpha value is -0.380. The van der Waals surface area contributed by atoms with E-state index in [2.05, 4.69) is 45.1 Å². The minimum Gasteiger partial charge on any atom is -0.330 e. The first-order valence-corrected chi connectivity index (χ1v) is 8.21. The van der Waals surface area contributed by atoms with E-state index in [4.69, 9.17) is 5.73 Å². The Morgan fingerprint density at radius 2 is 2.00 bits per heavy atom. The average molecular weight is 282 g/mol. The van der Waals surface area contributed by atoms with E-state index < -0.39 is 0 Å². The summed E-state index contributed by atoms with van der Waals surface area (Å²) in [7, 11) is 0. The number of aryl methyl sites for hydroxylation is 1. The first-order chi connectivity index (χ1) is 8.93. The Labute approximate surface area is 122 Å². The van der Waals surface area contributed by atoms with Crippen LogP contribution in [0.25, 0.3) is 0 Å². The van der Waals surface area contributed by atoms with E-state index in [9.17, 15) is 0 Å². The van der Waals surface area contributed by atoms with Gasteiger partial charge in [-0.05, 0) is 62.7 Å². The lowest BCUT2D eigenvalue weighted by atomic mass is 9.76. The molecule has 0 bridgehead atoms. The summed E-state index contributed by atoms with van der Waals surface area (Å²) >= 11 is 1.89. The molecular weight excluding hydrogens is 252 g/mol. The summed E-state index contributed by atoms with van der Waals surface area (Å²) < 4.78 is 0. The van der Waals surface area contributed by atoms with E-state index in [1.807, 2.05) is 11.3 Å². The van der Waals surface area contributed by atoms with Gasteiger partial charge in [-0.1, -0.05) is 20.8 Å². The third-order valence-corrected chi connectivity index (χ3v) is 4.74. The molecule has 110 valence electrons. The van der Waals surface area contributed by atoms with Crippen LogP contribution in [0.15, 0.2) is 12.1 Å². The fraction of sp³-hybridized carbons (Fsp3) is 0.750. The molecule has 0 saturated heterocycles. The zero-order valence-electron chi connectivity index (χ0n) is 13.0. The summed E-state index contributed by atoms with van der Waals surface area (Å²) in [6.07, 6.45) is 3.66. The normalized spacial score (nSPS) is 13.7. The maximum atomic E-state index is 5.72. The first kappa shape index (κ1) is 16.7. The highest BCUT2D eigenvalue weighted by molar-refractivity contribution is 7.11. The fourth-order valence-corrected chi connectivity index (χ4v) is 3.34. The maximum absolute atomic E-state index is 5.72. The smallest absolute Gasteiger partial charge is 0.0299 e. The largest absolute Gasteiger partial charge is 0.330 e. The van der Waals surface area contributed by atoms with Crippen molar-refractivity contribution in [3.8, 4) is 0 Å². The van der Waals surface area contributed by atoms with Crippen LogP contribution in [0.3, 0.4) is 0 Å². The van der Waals surface area contributed by atoms with Crippen LogP contribution < -0.4 is 11.1 Å². The summed E-state index contributed by atoms with van der Waals surface area (Å²) in [5.74, 6) is 0.739. The van der Waals surface area contributed by atoms with Crippen molar-refractivity contribution in [1.29, 1.82) is 0 Å². The van der Waals surface area contributed by atoms with Gasteiger partial charge in [-0.3, -0.25) is 0 Å². The van der Waals surface area contributed by atoms with Gasteiger partial charge in [-0.15, -0.1) is 11.3 Å². The zero-order chi connectivity index (χ0) is 14.3. The van der Waals surface area contributed by atoms with Crippen LogP contribution in [0.5, 0.6) is 0 Å². The highest BCUT2D eigenvalue weighted by atomic mass is 32.1. The van der Waals surface area contributed by atoms with Gasteiger partial charge >= 0.3 is 0 Å². The Morgan fingerprint density at radius 1 is 1.26 bits per heavy atom. The molecule has 0 amide bonds. The van der Waals surface area contributed by atoms with Crippen LogP contribution in [0.2, 0.25) is 0 Å². The van der Waals surface area contributed by atoms with Crippen LogP contribution >= 0.6 is 11.3 Å². The second kappa shape index (κ2) is 8.03. The standard InChI is InChI=1S/C16H30N2S/c1-13-7-8-15(19-13)12-18-11-5-6-14(9-10-17)16(2,3)4/h7-8,14,18H,5-6,9-12,17H2,1-4H3. The van der Waals surface area contributed by atoms with Gasteiger partial charge in [0.25, 0.3) is 0 Å². The van der Waals surface area contributed by atoms with Crippen molar-refractivity contribution in [2.45, 2.75) is 53.5 Å². The van der Waals surface area contributed by atoms with Gasteiger partial charge in [0.05, 0.1) is 0 Å². The first-order valence-electron chi connectivity index (χ1n) is 7.39. The van der Waals surface area contributed by atoms with Crippen molar-refractivity contribution in [3.63, 3.8) is 0 Å². The summed E-state index contributed by atoms with van der Waals surface area (Å²) in [5, 5.41) is 3.54. The van der Waals surface area contributed by atoms with Gasteiger partial charge < -0.3 is 11.1 Å². The van der Waals surface area contributed by atoms with Crippen LogP contribution in [-0.4, -0.2) is 13.1 Å². The highest BCUT2D eigenvalue weighted by Crippen LogP contribution is 2.31. The fourth-order valence-electron chi connectivity index (χ4n) is 2.48. The second-order valence-electron chi connectivity index (χ2n) is 6.47. The minimum absolute atomic E-state index is 0.379. The number of nitrogens with one attached hydrogen (secondary N) is 1. The van der Waals surface area contributed by atoms with Crippen molar-refractivity contribution in [3.05, 3.63) is 21.9 Å². The predicted molar refractivity (Wildman–Crippen MR) is 86.6 cm³/mol. The third kappa shape index (κ3) is 6.55. The van der Waals surface area contributed by atoms with E-state index in [0.29, 0.717) is 5.41 Å². The molecule has 2 nitrogen and oxygen atoms in total. The molecule has 0 saturated carbocycles. The van der Waals surface area contributed by atoms with E-state index in [1.165, 1.54) is 22.6 Å². The van der Waals surface area contributed by atoms with Crippen molar-refractivity contribution in [1.82, 2.24) is 5.32 Å². The van der Waals surface area contributed by atoms with Crippen molar-refractivity contribution >= 4 is 11.3 Å². The molecule has 1 rings (SSSR count). The number of nitrogens with two attached hydrogens (primary N) is 1. The SMILES string of the molecule is Cc1ccc(CNCCCC(CCN)C(C)(C)C)s1. The monoisotopic (exact) mass is 282 g/mol. The van der Waals surface area contributed by atoms with Crippen molar-refractivity contribution in [2.75, 3.05) is 13.1 Å². The lowest BCUT2D eigenvalue weighted by molar-refractivity contribution is 0.210. The predicted octanol–water partition coefficient (Wildman–Crippen LogP) is 3.94. The average Bonchev–Trinajstić information content (AvgIpc) is 2.72. The quantitative estimate of drug-likeness (QED) is 0.709. The molecule has 0 fully saturated rings. The Bertz CT molecular complexity index is 352. The van der Waals surface area contributed by atoms with Crippen molar-refractivity contribution < 1.29 is 0 Å². The molecule has 1 heterocycles. The number of hydrogen-bond acceptors (Lipinski definition) is 3. The number of rotatable bonds is 8. The lowest BCUT2D eigenvalue weighted by Crippen LogP contribution is -2.25. The summed E-state index contributed by atoms with van der Waals surface area (Å²) in [6.45, 7) is 12.1. The molecule has 19 heavy (non-hydrogen) atoms. The van der Waals surface area contributed by atoms with E-state index in [-0.39, 0.29) is 0 Å². The molecule has 1 aromatic heterocycles. The van der Waals surface area contributed by atoms with Crippen LogP contribution in [0.4, 0.5) is 0 Å². The minimum atomic E-state index is 0.379. The topological polar surface area (TPSA) is 38.0 Å². The van der Waals surface area contributed by atoms with Gasteiger partial charge in [-0.25, -0.2) is 0 Å². The molecule has 0 aliphatic rings. The lowest BCUT2D eigenvalue weighted by Gasteiger charge is -2.30. The molecule has 0 aliphatic heterocycles. The Kier molecular flexibility index (Phi) is 7.05. The third-order valence-electron chi connectivity index (χ3n) is 3.74.